The van der Waals surface area contributed by atoms with E-state index in [-0.39, 0.29) is 11.1 Å². The molecule has 5 nitrogen and oxygen atoms in total. The molecule has 0 atom stereocenters. The molecule has 1 aliphatic carbocycles. The summed E-state index contributed by atoms with van der Waals surface area (Å²) in [5.74, 6) is 0.876. The Morgan fingerprint density at radius 2 is 1.86 bits per heavy atom. The number of hydrogen-bond donors (Lipinski definition) is 0. The van der Waals surface area contributed by atoms with Gasteiger partial charge in [0, 0.05) is 23.1 Å². The van der Waals surface area contributed by atoms with E-state index in [0.717, 1.165) is 19.3 Å². The predicted molar refractivity (Wildman–Crippen MR) is 79.9 cm³/mol. The third-order valence-electron chi connectivity index (χ3n) is 3.83. The van der Waals surface area contributed by atoms with Crippen LogP contribution in [0.3, 0.4) is 0 Å². The molecule has 112 valence electrons. The van der Waals surface area contributed by atoms with Gasteiger partial charge in [-0.3, -0.25) is 0 Å². The normalized spacial score (nSPS) is 15.3. The molecule has 1 aromatic carbocycles. The molecule has 0 fully saturated rings. The van der Waals surface area contributed by atoms with Crippen LogP contribution in [0.5, 0.6) is 0 Å². The lowest BCUT2D eigenvalue weighted by atomic mass is 10.1. The fraction of sp³-hybridized carbons (Fsp3) is 0.429. The summed E-state index contributed by atoms with van der Waals surface area (Å²) in [6.07, 6.45) is 2.52. The molecule has 0 amide bonds. The van der Waals surface area contributed by atoms with Crippen LogP contribution in [0.4, 0.5) is 0 Å². The summed E-state index contributed by atoms with van der Waals surface area (Å²) in [5.41, 5.74) is 2.59. The van der Waals surface area contributed by atoms with Gasteiger partial charge in [-0.15, -0.1) is 10.2 Å². The Morgan fingerprint density at radius 1 is 1.24 bits per heavy atom. The van der Waals surface area contributed by atoms with E-state index in [9.17, 15) is 8.42 Å². The lowest BCUT2D eigenvalue weighted by Gasteiger charge is -2.12. The average Bonchev–Trinajstić information content (AvgIpc) is 3.01. The molecule has 1 aliphatic rings. The summed E-state index contributed by atoms with van der Waals surface area (Å²) in [6.45, 7) is 2.54. The highest BCUT2D eigenvalue weighted by Gasteiger charge is 2.30. The van der Waals surface area contributed by atoms with E-state index in [0.29, 0.717) is 12.4 Å². The summed E-state index contributed by atoms with van der Waals surface area (Å²) in [7, 11) is 1.59. The Hall–Kier alpha value is -1.40. The molecule has 3 rings (SSSR count). The first-order valence-electron chi connectivity index (χ1n) is 6.95. The summed E-state index contributed by atoms with van der Waals surface area (Å²) < 4.78 is 24.9. The number of hydrogen-bond acceptors (Lipinski definition) is 4. The summed E-state index contributed by atoms with van der Waals surface area (Å²) in [6, 6.07) is 8.25. The molecular formula is C14H16ClN3O2S. The molecular weight excluding hydrogens is 310 g/mol. The van der Waals surface area contributed by atoms with E-state index in [2.05, 4.69) is 22.3 Å². The monoisotopic (exact) mass is 325 g/mol. The Kier molecular flexibility index (Phi) is 3.75. The molecule has 21 heavy (non-hydrogen) atoms. The van der Waals surface area contributed by atoms with Gasteiger partial charge in [-0.25, -0.2) is 8.42 Å². The zero-order chi connectivity index (χ0) is 15.0. The molecule has 0 unspecified atom stereocenters. The van der Waals surface area contributed by atoms with Gasteiger partial charge in [0.2, 0.25) is 0 Å². The van der Waals surface area contributed by atoms with Crippen LogP contribution in [0.15, 0.2) is 29.4 Å². The number of aromatic nitrogens is 3. The van der Waals surface area contributed by atoms with Crippen molar-refractivity contribution in [1.82, 2.24) is 14.8 Å². The van der Waals surface area contributed by atoms with Gasteiger partial charge in [0.1, 0.15) is 5.82 Å². The second-order valence-corrected chi connectivity index (χ2v) is 7.76. The summed E-state index contributed by atoms with van der Waals surface area (Å²) in [5, 5.41) is 7.78. The fourth-order valence-corrected chi connectivity index (χ4v) is 3.89. The standard InChI is InChI=1S/C14H16ClN3O2S/c1-2-7-18-13(16-17-14(18)21(15,19)20)12-8-10-5-3-4-6-11(10)9-12/h3-6,12H,2,7-9H2,1H3. The van der Waals surface area contributed by atoms with Gasteiger partial charge >= 0.3 is 0 Å². The number of rotatable bonds is 4. The minimum atomic E-state index is -3.87. The van der Waals surface area contributed by atoms with Crippen LogP contribution in [-0.4, -0.2) is 23.2 Å². The number of nitrogens with zero attached hydrogens (tertiary/aromatic N) is 3. The number of halogens is 1. The van der Waals surface area contributed by atoms with Gasteiger partial charge < -0.3 is 4.57 Å². The SMILES string of the molecule is CCCn1c(C2Cc3ccccc3C2)nnc1S(=O)(=O)Cl. The van der Waals surface area contributed by atoms with Gasteiger partial charge in [-0.05, 0) is 30.4 Å². The largest absolute Gasteiger partial charge is 0.301 e. The van der Waals surface area contributed by atoms with Crippen molar-refractivity contribution in [3.05, 3.63) is 41.2 Å². The van der Waals surface area contributed by atoms with Crippen molar-refractivity contribution < 1.29 is 8.42 Å². The maximum Gasteiger partial charge on any atom is 0.296 e. The molecule has 0 radical (unpaired) electrons. The van der Waals surface area contributed by atoms with Crippen molar-refractivity contribution >= 4 is 19.7 Å². The Bertz CT molecular complexity index is 745. The van der Waals surface area contributed by atoms with Crippen LogP contribution in [0, 0.1) is 0 Å². The van der Waals surface area contributed by atoms with Crippen molar-refractivity contribution in [2.24, 2.45) is 0 Å². The van der Waals surface area contributed by atoms with Gasteiger partial charge in [0.05, 0.1) is 0 Å². The first kappa shape index (κ1) is 14.5. The van der Waals surface area contributed by atoms with E-state index < -0.39 is 9.05 Å². The quantitative estimate of drug-likeness (QED) is 0.810. The van der Waals surface area contributed by atoms with Crippen molar-refractivity contribution in [2.45, 2.75) is 43.8 Å². The van der Waals surface area contributed by atoms with Crippen LogP contribution in [0.1, 0.15) is 36.2 Å². The number of fused-ring (bicyclic) bond motifs is 1. The topological polar surface area (TPSA) is 64.8 Å². The second-order valence-electron chi connectivity index (χ2n) is 5.30. The third-order valence-corrected chi connectivity index (χ3v) is 4.98. The number of benzene rings is 1. The van der Waals surface area contributed by atoms with E-state index in [4.69, 9.17) is 10.7 Å². The van der Waals surface area contributed by atoms with Crippen molar-refractivity contribution in [3.63, 3.8) is 0 Å². The molecule has 1 aromatic heterocycles. The Labute approximate surface area is 128 Å². The van der Waals surface area contributed by atoms with Gasteiger partial charge in [-0.2, -0.15) is 0 Å². The maximum atomic E-state index is 11.6. The van der Waals surface area contributed by atoms with E-state index in [1.54, 1.807) is 4.57 Å². The fourth-order valence-electron chi connectivity index (χ4n) is 2.96. The lowest BCUT2D eigenvalue weighted by molar-refractivity contribution is 0.534. The smallest absolute Gasteiger partial charge is 0.296 e. The molecule has 0 saturated carbocycles. The first-order chi connectivity index (χ1) is 10.0. The summed E-state index contributed by atoms with van der Waals surface area (Å²) >= 11 is 0. The van der Waals surface area contributed by atoms with Crippen LogP contribution >= 0.6 is 10.7 Å². The molecule has 0 bridgehead atoms. The lowest BCUT2D eigenvalue weighted by Crippen LogP contribution is -2.13. The molecule has 7 heteroatoms. The van der Waals surface area contributed by atoms with Crippen molar-refractivity contribution in [1.29, 1.82) is 0 Å². The van der Waals surface area contributed by atoms with Crippen LogP contribution in [0.25, 0.3) is 0 Å². The van der Waals surface area contributed by atoms with Crippen LogP contribution in [0.2, 0.25) is 0 Å². The summed E-state index contributed by atoms with van der Waals surface area (Å²) in [4.78, 5) is 0. The molecule has 0 spiro atoms. The zero-order valence-corrected chi connectivity index (χ0v) is 13.2. The van der Waals surface area contributed by atoms with Crippen molar-refractivity contribution in [2.75, 3.05) is 0 Å². The van der Waals surface area contributed by atoms with Gasteiger partial charge in [-0.1, -0.05) is 31.2 Å². The van der Waals surface area contributed by atoms with Crippen LogP contribution in [-0.2, 0) is 28.4 Å². The van der Waals surface area contributed by atoms with Gasteiger partial charge in [0.15, 0.2) is 0 Å². The van der Waals surface area contributed by atoms with E-state index >= 15 is 0 Å². The minimum absolute atomic E-state index is 0.142. The molecule has 2 aromatic rings. The Morgan fingerprint density at radius 3 is 2.38 bits per heavy atom. The van der Waals surface area contributed by atoms with E-state index in [1.165, 1.54) is 11.1 Å². The molecule has 0 saturated heterocycles. The molecule has 0 aliphatic heterocycles. The maximum absolute atomic E-state index is 11.6. The first-order valence-corrected chi connectivity index (χ1v) is 9.26. The second kappa shape index (κ2) is 5.42. The average molecular weight is 326 g/mol. The Balaban J connectivity index is 1.99. The van der Waals surface area contributed by atoms with Gasteiger partial charge in [0.25, 0.3) is 14.2 Å². The highest BCUT2D eigenvalue weighted by Crippen LogP contribution is 2.34. The minimum Gasteiger partial charge on any atom is -0.301 e. The van der Waals surface area contributed by atoms with Crippen LogP contribution < -0.4 is 0 Å². The molecule has 0 N–H and O–H groups in total. The third kappa shape index (κ3) is 2.70. The predicted octanol–water partition coefficient (Wildman–Crippen LogP) is 2.50. The van der Waals surface area contributed by atoms with E-state index in [1.807, 2.05) is 19.1 Å². The highest BCUT2D eigenvalue weighted by molar-refractivity contribution is 8.13. The molecule has 1 heterocycles. The highest BCUT2D eigenvalue weighted by atomic mass is 35.7. The van der Waals surface area contributed by atoms with Crippen molar-refractivity contribution in [3.8, 4) is 0 Å². The zero-order valence-electron chi connectivity index (χ0n) is 11.7.